The molecule has 1 atom stereocenters. The number of aromatic nitrogens is 3. The van der Waals surface area contributed by atoms with E-state index in [2.05, 4.69) is 20.9 Å². The molecule has 3 N–H and O–H groups in total. The first-order valence-electron chi connectivity index (χ1n) is 7.77. The zero-order valence-corrected chi connectivity index (χ0v) is 13.3. The first kappa shape index (κ1) is 16.4. The third kappa shape index (κ3) is 4.52. The molecule has 2 rings (SSSR count). The Morgan fingerprint density at radius 1 is 1.50 bits per heavy atom. The van der Waals surface area contributed by atoms with E-state index in [1.165, 1.54) is 0 Å². The number of amides is 1. The minimum atomic E-state index is -0.318. The Morgan fingerprint density at radius 2 is 2.23 bits per heavy atom. The lowest BCUT2D eigenvalue weighted by atomic mass is 10.2. The lowest BCUT2D eigenvalue weighted by Crippen LogP contribution is -2.48. The fraction of sp³-hybridized carbons (Fsp3) is 0.714. The Balaban J connectivity index is 1.84. The summed E-state index contributed by atoms with van der Waals surface area (Å²) < 4.78 is 1.65. The highest BCUT2D eigenvalue weighted by Crippen LogP contribution is 2.10. The van der Waals surface area contributed by atoms with Crippen LogP contribution in [0.25, 0.3) is 0 Å². The molecule has 1 aromatic heterocycles. The molecule has 0 bridgehead atoms. The van der Waals surface area contributed by atoms with Gasteiger partial charge in [-0.1, -0.05) is 5.21 Å². The molecule has 1 aliphatic rings. The zero-order valence-electron chi connectivity index (χ0n) is 13.3. The molecule has 122 valence electrons. The van der Waals surface area contributed by atoms with E-state index >= 15 is 0 Å². The van der Waals surface area contributed by atoms with Crippen molar-refractivity contribution in [2.75, 3.05) is 32.7 Å². The molecule has 1 aliphatic heterocycles. The van der Waals surface area contributed by atoms with E-state index in [1.54, 1.807) is 11.6 Å². The maximum atomic E-state index is 12.4. The van der Waals surface area contributed by atoms with Crippen LogP contribution in [0.15, 0.2) is 6.20 Å². The van der Waals surface area contributed by atoms with Crippen molar-refractivity contribution in [2.24, 2.45) is 0 Å². The monoisotopic (exact) mass is 307 g/mol. The second-order valence-corrected chi connectivity index (χ2v) is 5.60. The minimum absolute atomic E-state index is 0.0963. The van der Waals surface area contributed by atoms with Gasteiger partial charge in [-0.15, -0.1) is 5.10 Å². The first-order valence-corrected chi connectivity index (χ1v) is 7.77. The number of nitrogens with zero attached hydrogens (tertiary/aromatic N) is 4. The number of hydrogen-bond donors (Lipinski definition) is 3. The number of nitrogens with one attached hydrogen (secondary N) is 3. The van der Waals surface area contributed by atoms with Crippen LogP contribution in [0.2, 0.25) is 0 Å². The van der Waals surface area contributed by atoms with Crippen LogP contribution < -0.4 is 10.6 Å². The Bertz CT molecular complexity index is 507. The van der Waals surface area contributed by atoms with Crippen molar-refractivity contribution in [1.29, 1.82) is 5.41 Å². The summed E-state index contributed by atoms with van der Waals surface area (Å²) in [5, 5.41) is 21.7. The molecule has 0 radical (unpaired) electrons. The van der Waals surface area contributed by atoms with Crippen LogP contribution in [0.5, 0.6) is 0 Å². The number of carbonyl (C=O) groups excluding carboxylic acids is 1. The van der Waals surface area contributed by atoms with Gasteiger partial charge in [0.1, 0.15) is 6.04 Å². The summed E-state index contributed by atoms with van der Waals surface area (Å²) in [6.45, 7) is 7.53. The predicted octanol–water partition coefficient (Wildman–Crippen LogP) is -0.210. The molecule has 1 fully saturated rings. The van der Waals surface area contributed by atoms with E-state index in [4.69, 9.17) is 5.41 Å². The second-order valence-electron chi connectivity index (χ2n) is 5.60. The third-order valence-corrected chi connectivity index (χ3v) is 3.74. The molecule has 0 aromatic carbocycles. The Kier molecular flexibility index (Phi) is 5.88. The van der Waals surface area contributed by atoms with Crippen LogP contribution in [0.4, 0.5) is 0 Å². The van der Waals surface area contributed by atoms with Crippen molar-refractivity contribution in [3.8, 4) is 0 Å². The summed E-state index contributed by atoms with van der Waals surface area (Å²) in [4.78, 5) is 14.3. The van der Waals surface area contributed by atoms with Gasteiger partial charge in [0.25, 0.3) is 0 Å². The minimum Gasteiger partial charge on any atom is -0.374 e. The maximum Gasteiger partial charge on any atom is 0.247 e. The lowest BCUT2D eigenvalue weighted by molar-refractivity contribution is -0.135. The van der Waals surface area contributed by atoms with E-state index < -0.39 is 0 Å². The van der Waals surface area contributed by atoms with E-state index in [0.29, 0.717) is 5.84 Å². The average Bonchev–Trinajstić information content (AvgIpc) is 2.99. The summed E-state index contributed by atoms with van der Waals surface area (Å²) in [5.74, 6) is 0.568. The van der Waals surface area contributed by atoms with E-state index in [0.717, 1.165) is 51.3 Å². The number of amidine groups is 1. The molecule has 8 heteroatoms. The number of carbonyl (C=O) groups is 1. The second kappa shape index (κ2) is 7.88. The van der Waals surface area contributed by atoms with Gasteiger partial charge in [0.2, 0.25) is 5.91 Å². The summed E-state index contributed by atoms with van der Waals surface area (Å²) in [5.41, 5.74) is 0.879. The summed E-state index contributed by atoms with van der Waals surface area (Å²) in [6.07, 6.45) is 3.52. The van der Waals surface area contributed by atoms with Crippen LogP contribution in [0.3, 0.4) is 0 Å². The topological polar surface area (TPSA) is 98.9 Å². The van der Waals surface area contributed by atoms with E-state index in [1.807, 2.05) is 18.0 Å². The van der Waals surface area contributed by atoms with Gasteiger partial charge in [-0.2, -0.15) is 0 Å². The highest BCUT2D eigenvalue weighted by molar-refractivity contribution is 5.80. The van der Waals surface area contributed by atoms with Crippen LogP contribution in [-0.2, 0) is 11.2 Å². The van der Waals surface area contributed by atoms with Crippen molar-refractivity contribution in [1.82, 2.24) is 30.5 Å². The van der Waals surface area contributed by atoms with Crippen molar-refractivity contribution in [3.63, 3.8) is 0 Å². The van der Waals surface area contributed by atoms with Gasteiger partial charge in [-0.05, 0) is 26.7 Å². The van der Waals surface area contributed by atoms with Gasteiger partial charge >= 0.3 is 0 Å². The number of piperazine rings is 1. The summed E-state index contributed by atoms with van der Waals surface area (Å²) in [6, 6.07) is -0.318. The Labute approximate surface area is 130 Å². The normalized spacial score (nSPS) is 16.4. The first-order chi connectivity index (χ1) is 10.6. The molecule has 0 spiro atoms. The Hall–Kier alpha value is -1.96. The molecule has 1 saturated heterocycles. The highest BCUT2D eigenvalue weighted by Gasteiger charge is 2.24. The van der Waals surface area contributed by atoms with Crippen molar-refractivity contribution in [2.45, 2.75) is 32.7 Å². The molecule has 1 aromatic rings. The number of hydrogen-bond acceptors (Lipinski definition) is 5. The SMILES string of the molecule is CC(=N)NCCCc1cn([C@@H](C)C(=O)N2CCNCC2)nn1. The molecule has 1 amide bonds. The average molecular weight is 307 g/mol. The molecule has 0 unspecified atom stereocenters. The molecule has 8 nitrogen and oxygen atoms in total. The largest absolute Gasteiger partial charge is 0.374 e. The van der Waals surface area contributed by atoms with Crippen molar-refractivity contribution < 1.29 is 4.79 Å². The van der Waals surface area contributed by atoms with E-state index in [-0.39, 0.29) is 11.9 Å². The number of aryl methyl sites for hydroxylation is 1. The van der Waals surface area contributed by atoms with Gasteiger partial charge in [-0.3, -0.25) is 10.2 Å². The summed E-state index contributed by atoms with van der Waals surface area (Å²) >= 11 is 0. The fourth-order valence-corrected chi connectivity index (χ4v) is 2.43. The number of rotatable bonds is 6. The highest BCUT2D eigenvalue weighted by atomic mass is 16.2. The molecule has 2 heterocycles. The Morgan fingerprint density at radius 3 is 2.91 bits per heavy atom. The van der Waals surface area contributed by atoms with Crippen molar-refractivity contribution in [3.05, 3.63) is 11.9 Å². The molecule has 0 saturated carbocycles. The van der Waals surface area contributed by atoms with Gasteiger partial charge in [0.15, 0.2) is 0 Å². The molecule has 0 aliphatic carbocycles. The van der Waals surface area contributed by atoms with Crippen LogP contribution >= 0.6 is 0 Å². The van der Waals surface area contributed by atoms with Crippen molar-refractivity contribution >= 4 is 11.7 Å². The standard InChI is InChI=1S/C14H25N7O/c1-11(14(22)20-8-6-16-7-9-20)21-10-13(18-19-21)4-3-5-17-12(2)15/h10-11,16H,3-9H2,1-2H3,(H2,15,17)/t11-/m0/s1. The summed E-state index contributed by atoms with van der Waals surface area (Å²) in [7, 11) is 0. The van der Waals surface area contributed by atoms with Gasteiger partial charge in [0, 0.05) is 38.9 Å². The molecule has 22 heavy (non-hydrogen) atoms. The van der Waals surface area contributed by atoms with E-state index in [9.17, 15) is 4.79 Å². The predicted molar refractivity (Wildman–Crippen MR) is 83.9 cm³/mol. The van der Waals surface area contributed by atoms with Crippen LogP contribution in [0.1, 0.15) is 32.0 Å². The molecular weight excluding hydrogens is 282 g/mol. The maximum absolute atomic E-state index is 12.4. The lowest BCUT2D eigenvalue weighted by Gasteiger charge is -2.29. The van der Waals surface area contributed by atoms with Crippen LogP contribution in [0, 0.1) is 5.41 Å². The van der Waals surface area contributed by atoms with Gasteiger partial charge < -0.3 is 15.5 Å². The third-order valence-electron chi connectivity index (χ3n) is 3.74. The zero-order chi connectivity index (χ0) is 15.9. The fourth-order valence-electron chi connectivity index (χ4n) is 2.43. The van der Waals surface area contributed by atoms with Crippen LogP contribution in [-0.4, -0.2) is 64.4 Å². The molecular formula is C14H25N7O. The smallest absolute Gasteiger partial charge is 0.247 e. The van der Waals surface area contributed by atoms with Gasteiger partial charge in [-0.25, -0.2) is 4.68 Å². The van der Waals surface area contributed by atoms with Gasteiger partial charge in [0.05, 0.1) is 11.5 Å². The quantitative estimate of drug-likeness (QED) is 0.384.